The van der Waals surface area contributed by atoms with Gasteiger partial charge in [0.25, 0.3) is 0 Å². The zero-order valence-corrected chi connectivity index (χ0v) is 14.0. The molecule has 0 spiro atoms. The number of methoxy groups -OCH3 is 1. The molecule has 0 aliphatic carbocycles. The maximum Gasteiger partial charge on any atom is 0.166 e. The SMILES string of the molecule is COc1ccc(-c2cn3nc(N)c(-c4ccccn4)c3nc2C)cc1. The Kier molecular flexibility index (Phi) is 3.57. The van der Waals surface area contributed by atoms with Gasteiger partial charge in [-0.15, -0.1) is 5.10 Å². The van der Waals surface area contributed by atoms with Crippen molar-refractivity contribution in [3.63, 3.8) is 0 Å². The van der Waals surface area contributed by atoms with Crippen LogP contribution in [0.1, 0.15) is 5.69 Å². The molecule has 124 valence electrons. The van der Waals surface area contributed by atoms with E-state index in [4.69, 9.17) is 15.5 Å². The van der Waals surface area contributed by atoms with Gasteiger partial charge in [0.1, 0.15) is 5.75 Å². The standard InChI is InChI=1S/C19H17N5O/c1-12-15(13-6-8-14(25-2)9-7-13)11-24-19(22-12)17(18(20)23-24)16-5-3-4-10-21-16/h3-11H,1-2H3,(H2,20,23). The zero-order valence-electron chi connectivity index (χ0n) is 14.0. The monoisotopic (exact) mass is 331 g/mol. The zero-order chi connectivity index (χ0) is 17.4. The topological polar surface area (TPSA) is 78.3 Å². The molecule has 0 amide bonds. The Morgan fingerprint density at radius 3 is 2.56 bits per heavy atom. The van der Waals surface area contributed by atoms with Gasteiger partial charge in [-0.2, -0.15) is 0 Å². The number of hydrogen-bond donors (Lipinski definition) is 1. The van der Waals surface area contributed by atoms with Gasteiger partial charge >= 0.3 is 0 Å². The molecule has 3 aromatic heterocycles. The van der Waals surface area contributed by atoms with Gasteiger partial charge in [-0.1, -0.05) is 18.2 Å². The Morgan fingerprint density at radius 2 is 1.88 bits per heavy atom. The third-order valence-corrected chi connectivity index (χ3v) is 4.15. The van der Waals surface area contributed by atoms with Crippen molar-refractivity contribution in [3.05, 3.63) is 60.6 Å². The average molecular weight is 331 g/mol. The number of ether oxygens (including phenoxy) is 1. The van der Waals surface area contributed by atoms with Gasteiger partial charge in [0, 0.05) is 23.7 Å². The lowest BCUT2D eigenvalue weighted by molar-refractivity contribution is 0.415. The summed E-state index contributed by atoms with van der Waals surface area (Å²) in [5.41, 5.74) is 11.3. The summed E-state index contributed by atoms with van der Waals surface area (Å²) >= 11 is 0. The number of nitrogens with two attached hydrogens (primary N) is 1. The first-order valence-corrected chi connectivity index (χ1v) is 7.88. The Bertz CT molecular complexity index is 1040. The summed E-state index contributed by atoms with van der Waals surface area (Å²) in [6, 6.07) is 13.5. The van der Waals surface area contributed by atoms with Gasteiger partial charge in [0.05, 0.1) is 18.4 Å². The molecule has 25 heavy (non-hydrogen) atoms. The van der Waals surface area contributed by atoms with Gasteiger partial charge in [-0.25, -0.2) is 9.50 Å². The van der Waals surface area contributed by atoms with E-state index in [-0.39, 0.29) is 0 Å². The molecular weight excluding hydrogens is 314 g/mol. The van der Waals surface area contributed by atoms with Crippen LogP contribution >= 0.6 is 0 Å². The normalized spacial score (nSPS) is 11.0. The highest BCUT2D eigenvalue weighted by Crippen LogP contribution is 2.31. The van der Waals surface area contributed by atoms with Crippen LogP contribution in [-0.2, 0) is 0 Å². The predicted molar refractivity (Wildman–Crippen MR) is 97.4 cm³/mol. The maximum absolute atomic E-state index is 6.13. The van der Waals surface area contributed by atoms with Crippen LogP contribution in [0.2, 0.25) is 0 Å². The molecule has 0 radical (unpaired) electrons. The number of rotatable bonds is 3. The molecule has 6 nitrogen and oxygen atoms in total. The molecule has 0 aliphatic rings. The minimum atomic E-state index is 0.414. The number of benzene rings is 1. The number of fused-ring (bicyclic) bond motifs is 1. The first kappa shape index (κ1) is 15.1. The van der Waals surface area contributed by atoms with Gasteiger partial charge in [-0.05, 0) is 36.8 Å². The summed E-state index contributed by atoms with van der Waals surface area (Å²) in [7, 11) is 1.65. The van der Waals surface area contributed by atoms with Crippen molar-refractivity contribution < 1.29 is 4.74 Å². The Hall–Kier alpha value is -3.41. The van der Waals surface area contributed by atoms with E-state index in [2.05, 4.69) is 10.1 Å². The van der Waals surface area contributed by atoms with E-state index in [0.29, 0.717) is 11.5 Å². The van der Waals surface area contributed by atoms with Crippen LogP contribution in [0, 0.1) is 6.92 Å². The molecule has 3 heterocycles. The van der Waals surface area contributed by atoms with E-state index >= 15 is 0 Å². The lowest BCUT2D eigenvalue weighted by Crippen LogP contribution is -1.97. The summed E-state index contributed by atoms with van der Waals surface area (Å²) in [6.45, 7) is 1.98. The van der Waals surface area contributed by atoms with Crippen molar-refractivity contribution in [2.45, 2.75) is 6.92 Å². The van der Waals surface area contributed by atoms with Crippen molar-refractivity contribution in [3.8, 4) is 28.1 Å². The fraction of sp³-hybridized carbons (Fsp3) is 0.105. The van der Waals surface area contributed by atoms with Gasteiger partial charge < -0.3 is 10.5 Å². The van der Waals surface area contributed by atoms with Crippen molar-refractivity contribution in [1.82, 2.24) is 19.6 Å². The summed E-state index contributed by atoms with van der Waals surface area (Å²) in [6.07, 6.45) is 3.68. The molecule has 0 bridgehead atoms. The summed E-state index contributed by atoms with van der Waals surface area (Å²) < 4.78 is 6.93. The number of pyridine rings is 1. The minimum Gasteiger partial charge on any atom is -0.497 e. The third kappa shape index (κ3) is 2.57. The number of aromatic nitrogens is 4. The number of aryl methyl sites for hydroxylation is 1. The lowest BCUT2D eigenvalue weighted by atomic mass is 10.1. The molecule has 1 aromatic carbocycles. The van der Waals surface area contributed by atoms with Gasteiger partial charge in [0.2, 0.25) is 0 Å². The average Bonchev–Trinajstić information content (AvgIpc) is 2.96. The van der Waals surface area contributed by atoms with E-state index < -0.39 is 0 Å². The minimum absolute atomic E-state index is 0.414. The van der Waals surface area contributed by atoms with Crippen LogP contribution in [0.25, 0.3) is 28.0 Å². The molecular formula is C19H17N5O. The van der Waals surface area contributed by atoms with E-state index in [9.17, 15) is 0 Å². The smallest absolute Gasteiger partial charge is 0.166 e. The van der Waals surface area contributed by atoms with Gasteiger partial charge in [0.15, 0.2) is 11.5 Å². The number of hydrogen-bond acceptors (Lipinski definition) is 5. The van der Waals surface area contributed by atoms with Crippen LogP contribution in [0.3, 0.4) is 0 Å². The Morgan fingerprint density at radius 1 is 1.08 bits per heavy atom. The van der Waals surface area contributed by atoms with E-state index in [0.717, 1.165) is 33.8 Å². The fourth-order valence-corrected chi connectivity index (χ4v) is 2.88. The third-order valence-electron chi connectivity index (χ3n) is 4.15. The second kappa shape index (κ2) is 5.90. The predicted octanol–water partition coefficient (Wildman–Crippen LogP) is 3.36. The van der Waals surface area contributed by atoms with Crippen LogP contribution in [0.5, 0.6) is 5.75 Å². The summed E-state index contributed by atoms with van der Waals surface area (Å²) in [5, 5.41) is 4.42. The fourth-order valence-electron chi connectivity index (χ4n) is 2.88. The van der Waals surface area contributed by atoms with E-state index in [1.54, 1.807) is 17.8 Å². The van der Waals surface area contributed by atoms with Crippen molar-refractivity contribution in [2.24, 2.45) is 0 Å². The van der Waals surface area contributed by atoms with Crippen molar-refractivity contribution >= 4 is 11.5 Å². The largest absolute Gasteiger partial charge is 0.497 e. The highest BCUT2D eigenvalue weighted by atomic mass is 16.5. The molecule has 0 unspecified atom stereocenters. The molecule has 0 saturated heterocycles. The molecule has 4 rings (SSSR count). The highest BCUT2D eigenvalue weighted by Gasteiger charge is 2.17. The molecule has 0 aliphatic heterocycles. The molecule has 6 heteroatoms. The molecule has 0 fully saturated rings. The van der Waals surface area contributed by atoms with Gasteiger partial charge in [-0.3, -0.25) is 4.98 Å². The van der Waals surface area contributed by atoms with Crippen LogP contribution in [0.4, 0.5) is 5.82 Å². The van der Waals surface area contributed by atoms with E-state index in [1.807, 2.05) is 55.6 Å². The summed E-state index contributed by atoms with van der Waals surface area (Å²) in [4.78, 5) is 9.12. The Balaban J connectivity index is 1.88. The van der Waals surface area contributed by atoms with Crippen LogP contribution in [-0.4, -0.2) is 26.7 Å². The number of nitrogen functional groups attached to an aromatic ring is 1. The molecule has 0 atom stereocenters. The second-order valence-corrected chi connectivity index (χ2v) is 5.71. The lowest BCUT2D eigenvalue weighted by Gasteiger charge is -2.08. The number of nitrogens with zero attached hydrogens (tertiary/aromatic N) is 4. The summed E-state index contributed by atoms with van der Waals surface area (Å²) in [5.74, 6) is 1.23. The first-order chi connectivity index (χ1) is 12.2. The molecule has 4 aromatic rings. The van der Waals surface area contributed by atoms with Crippen LogP contribution in [0.15, 0.2) is 54.9 Å². The highest BCUT2D eigenvalue weighted by molar-refractivity contribution is 5.85. The van der Waals surface area contributed by atoms with Crippen molar-refractivity contribution in [2.75, 3.05) is 12.8 Å². The van der Waals surface area contributed by atoms with Crippen molar-refractivity contribution in [1.29, 1.82) is 0 Å². The van der Waals surface area contributed by atoms with E-state index in [1.165, 1.54) is 0 Å². The second-order valence-electron chi connectivity index (χ2n) is 5.71. The molecule has 2 N–H and O–H groups in total. The molecule has 0 saturated carbocycles. The van der Waals surface area contributed by atoms with Crippen LogP contribution < -0.4 is 10.5 Å². The first-order valence-electron chi connectivity index (χ1n) is 7.88. The number of anilines is 1. The quantitative estimate of drug-likeness (QED) is 0.623. The maximum atomic E-state index is 6.13. The Labute approximate surface area is 144 Å².